The third kappa shape index (κ3) is 3.59. The molecular weight excluding hydrogens is 220 g/mol. The van der Waals surface area contributed by atoms with Crippen LogP contribution in [-0.4, -0.2) is 8.07 Å². The fourth-order valence-corrected chi connectivity index (χ4v) is 11.8. The molecule has 1 heteroatoms. The summed E-state index contributed by atoms with van der Waals surface area (Å²) in [5.41, 5.74) is 3.12. The van der Waals surface area contributed by atoms with Crippen LogP contribution >= 0.6 is 0 Å². The van der Waals surface area contributed by atoms with Gasteiger partial charge in [0.15, 0.2) is 0 Å². The molecule has 17 heavy (non-hydrogen) atoms. The zero-order valence-electron chi connectivity index (χ0n) is 13.5. The first-order valence-corrected chi connectivity index (χ1v) is 10.8. The molecule has 0 nitrogen and oxygen atoms in total. The van der Waals surface area contributed by atoms with Gasteiger partial charge in [0.2, 0.25) is 0 Å². The molecule has 0 aliphatic carbocycles. The number of hydrogen-bond acceptors (Lipinski definition) is 0. The van der Waals surface area contributed by atoms with Crippen LogP contribution in [0.3, 0.4) is 0 Å². The van der Waals surface area contributed by atoms with E-state index >= 15 is 0 Å². The van der Waals surface area contributed by atoms with E-state index in [1.54, 1.807) is 0 Å². The van der Waals surface area contributed by atoms with E-state index in [9.17, 15) is 0 Å². The topological polar surface area (TPSA) is 0 Å². The minimum absolute atomic E-state index is 1.04. The van der Waals surface area contributed by atoms with E-state index in [4.69, 9.17) is 0 Å². The first-order valence-electron chi connectivity index (χ1n) is 8.06. The van der Waals surface area contributed by atoms with Gasteiger partial charge in [0.25, 0.3) is 0 Å². The summed E-state index contributed by atoms with van der Waals surface area (Å²) in [6.07, 6.45) is 8.45. The van der Waals surface area contributed by atoms with Crippen LogP contribution in [0.5, 0.6) is 0 Å². The molecule has 0 atom stereocenters. The highest BCUT2D eigenvalue weighted by atomic mass is 28.3. The molecule has 0 rings (SSSR count). The van der Waals surface area contributed by atoms with Gasteiger partial charge in [-0.05, 0) is 16.6 Å². The van der Waals surface area contributed by atoms with Crippen LogP contribution in [0.4, 0.5) is 0 Å². The van der Waals surface area contributed by atoms with Crippen molar-refractivity contribution < 1.29 is 0 Å². The summed E-state index contributed by atoms with van der Waals surface area (Å²) in [7, 11) is -1.14. The van der Waals surface area contributed by atoms with Gasteiger partial charge in [0.05, 0.1) is 8.07 Å². The fraction of sp³-hybridized carbons (Fsp3) is 1.00. The Morgan fingerprint density at radius 1 is 0.529 bits per heavy atom. The maximum atomic E-state index is 2.74. The van der Waals surface area contributed by atoms with Crippen molar-refractivity contribution in [3.05, 3.63) is 0 Å². The second-order valence-corrected chi connectivity index (χ2v) is 11.1. The van der Waals surface area contributed by atoms with Crippen molar-refractivity contribution in [3.63, 3.8) is 0 Å². The normalized spacial score (nSPS) is 13.1. The Morgan fingerprint density at radius 2 is 0.706 bits per heavy atom. The SMILES string of the molecule is CCC(CC)[Si](C)(C(CC)CC)C(CC)CC. The van der Waals surface area contributed by atoms with E-state index in [2.05, 4.69) is 48.1 Å². The first kappa shape index (κ1) is 17.2. The van der Waals surface area contributed by atoms with Crippen molar-refractivity contribution in [1.29, 1.82) is 0 Å². The summed E-state index contributed by atoms with van der Waals surface area (Å²) in [5.74, 6) is 0. The van der Waals surface area contributed by atoms with Gasteiger partial charge in [0.1, 0.15) is 0 Å². The predicted molar refractivity (Wildman–Crippen MR) is 84.6 cm³/mol. The molecule has 0 aliphatic rings. The molecular formula is C16H36Si. The molecule has 104 valence electrons. The van der Waals surface area contributed by atoms with Gasteiger partial charge in [-0.25, -0.2) is 0 Å². The van der Waals surface area contributed by atoms with Gasteiger partial charge in [0, 0.05) is 0 Å². The summed E-state index contributed by atoms with van der Waals surface area (Å²) in [4.78, 5) is 0. The standard InChI is InChI=1S/C16H36Si/c1-8-14(9-2)17(7,15(10-3)11-4)16(12-5)13-6/h14-16H,8-13H2,1-7H3. The van der Waals surface area contributed by atoms with Crippen molar-refractivity contribution in [2.24, 2.45) is 0 Å². The Kier molecular flexibility index (Phi) is 8.45. The van der Waals surface area contributed by atoms with E-state index in [1.807, 2.05) is 0 Å². The largest absolute Gasteiger partial charge is 0.0685 e. The Balaban J connectivity index is 5.29. The average Bonchev–Trinajstić information content (AvgIpc) is 2.33. The van der Waals surface area contributed by atoms with Crippen molar-refractivity contribution in [2.75, 3.05) is 0 Å². The number of rotatable bonds is 9. The van der Waals surface area contributed by atoms with Crippen molar-refractivity contribution >= 4 is 8.07 Å². The highest BCUT2D eigenvalue weighted by Crippen LogP contribution is 2.50. The van der Waals surface area contributed by atoms with Gasteiger partial charge in [-0.2, -0.15) is 0 Å². The molecule has 0 aromatic heterocycles. The molecule has 0 spiro atoms. The quantitative estimate of drug-likeness (QED) is 0.406. The van der Waals surface area contributed by atoms with E-state index in [0.717, 1.165) is 16.6 Å². The van der Waals surface area contributed by atoms with Crippen LogP contribution in [-0.2, 0) is 0 Å². The lowest BCUT2D eigenvalue weighted by molar-refractivity contribution is 0.601. The minimum Gasteiger partial charge on any atom is -0.0685 e. The maximum Gasteiger partial charge on any atom is 0.0597 e. The van der Waals surface area contributed by atoms with Crippen molar-refractivity contribution in [1.82, 2.24) is 0 Å². The van der Waals surface area contributed by atoms with E-state index in [1.165, 1.54) is 38.5 Å². The van der Waals surface area contributed by atoms with Gasteiger partial charge in [-0.15, -0.1) is 0 Å². The summed E-state index contributed by atoms with van der Waals surface area (Å²) in [5, 5.41) is 0. The molecule has 0 radical (unpaired) electrons. The Hall–Kier alpha value is 0.217. The second-order valence-electron chi connectivity index (χ2n) is 5.91. The molecule has 0 fully saturated rings. The lowest BCUT2D eigenvalue weighted by atomic mass is 10.2. The van der Waals surface area contributed by atoms with Gasteiger partial charge < -0.3 is 0 Å². The Labute approximate surface area is 112 Å². The molecule has 0 amide bonds. The minimum atomic E-state index is -1.14. The van der Waals surface area contributed by atoms with Crippen LogP contribution < -0.4 is 0 Å². The zero-order chi connectivity index (χ0) is 13.5. The third-order valence-electron chi connectivity index (χ3n) is 5.60. The van der Waals surface area contributed by atoms with Gasteiger partial charge in [-0.3, -0.25) is 0 Å². The lowest BCUT2D eigenvalue weighted by Crippen LogP contribution is -2.45. The summed E-state index contributed by atoms with van der Waals surface area (Å²) < 4.78 is 0. The number of hydrogen-bond donors (Lipinski definition) is 0. The highest BCUT2D eigenvalue weighted by Gasteiger charge is 2.44. The Morgan fingerprint density at radius 3 is 0.824 bits per heavy atom. The zero-order valence-corrected chi connectivity index (χ0v) is 14.5. The lowest BCUT2D eigenvalue weighted by Gasteiger charge is -2.47. The van der Waals surface area contributed by atoms with Gasteiger partial charge in [-0.1, -0.05) is 86.6 Å². The van der Waals surface area contributed by atoms with Crippen LogP contribution in [0.1, 0.15) is 80.1 Å². The van der Waals surface area contributed by atoms with Crippen molar-refractivity contribution in [3.8, 4) is 0 Å². The van der Waals surface area contributed by atoms with E-state index in [0.29, 0.717) is 0 Å². The summed E-state index contributed by atoms with van der Waals surface area (Å²) in [6, 6.07) is 0. The predicted octanol–water partition coefficient (Wildman–Crippen LogP) is 6.64. The first-order chi connectivity index (χ1) is 8.06. The van der Waals surface area contributed by atoms with Crippen LogP contribution in [0.2, 0.25) is 23.2 Å². The molecule has 0 aromatic carbocycles. The van der Waals surface area contributed by atoms with Crippen LogP contribution in [0.25, 0.3) is 0 Å². The van der Waals surface area contributed by atoms with Crippen LogP contribution in [0, 0.1) is 0 Å². The summed E-state index contributed by atoms with van der Waals surface area (Å²) >= 11 is 0. The highest BCUT2D eigenvalue weighted by molar-refractivity contribution is 6.82. The average molecular weight is 257 g/mol. The molecule has 0 unspecified atom stereocenters. The maximum absolute atomic E-state index is 2.74. The molecule has 0 bridgehead atoms. The van der Waals surface area contributed by atoms with Crippen LogP contribution in [0.15, 0.2) is 0 Å². The van der Waals surface area contributed by atoms with E-state index in [-0.39, 0.29) is 0 Å². The third-order valence-corrected chi connectivity index (χ3v) is 13.3. The summed E-state index contributed by atoms with van der Waals surface area (Å²) in [6.45, 7) is 17.3. The second kappa shape index (κ2) is 8.34. The molecule has 0 saturated carbocycles. The van der Waals surface area contributed by atoms with Gasteiger partial charge >= 0.3 is 0 Å². The molecule has 0 aromatic rings. The smallest absolute Gasteiger partial charge is 0.0597 e. The molecule has 0 N–H and O–H groups in total. The van der Waals surface area contributed by atoms with Crippen molar-refractivity contribution in [2.45, 2.75) is 103 Å². The molecule has 0 aliphatic heterocycles. The molecule has 0 heterocycles. The molecule has 0 saturated heterocycles. The monoisotopic (exact) mass is 256 g/mol. The van der Waals surface area contributed by atoms with E-state index < -0.39 is 8.07 Å². The fourth-order valence-electron chi connectivity index (χ4n) is 4.50. The Bertz CT molecular complexity index is 145.